The molecule has 0 saturated heterocycles. The molecule has 3 heteroatoms. The Hall–Kier alpha value is -3.85. The Morgan fingerprint density at radius 2 is 1.43 bits per heavy atom. The van der Waals surface area contributed by atoms with Gasteiger partial charge in [-0.15, -0.1) is 0 Å². The van der Waals surface area contributed by atoms with Crippen LogP contribution in [0.1, 0.15) is 44.7 Å². The SMILES string of the molecule is CC(=O)c1ccc(N=C2c3ccccc3C(=O)C2c2ccc3ccccc3c2)cc1. The van der Waals surface area contributed by atoms with Gasteiger partial charge in [0, 0.05) is 16.7 Å². The molecule has 0 spiro atoms. The van der Waals surface area contributed by atoms with Gasteiger partial charge in [-0.25, -0.2) is 0 Å². The molecule has 0 amide bonds. The van der Waals surface area contributed by atoms with Crippen molar-refractivity contribution in [1.29, 1.82) is 0 Å². The summed E-state index contributed by atoms with van der Waals surface area (Å²) in [4.78, 5) is 29.8. The first kappa shape index (κ1) is 18.2. The number of carbonyl (C=O) groups is 2. The fraction of sp³-hybridized carbons (Fsp3) is 0.0741. The van der Waals surface area contributed by atoms with Crippen LogP contribution >= 0.6 is 0 Å². The van der Waals surface area contributed by atoms with Gasteiger partial charge in [0.05, 0.1) is 17.3 Å². The van der Waals surface area contributed by atoms with E-state index in [2.05, 4.69) is 24.3 Å². The standard InChI is InChI=1S/C27H19NO2/c1-17(29)18-12-14-22(15-13-18)28-26-23-8-4-5-9-24(23)27(30)25(26)21-11-10-19-6-2-3-7-20(19)16-21/h2-16,25H,1H3. The minimum absolute atomic E-state index is 0.0182. The lowest BCUT2D eigenvalue weighted by atomic mass is 9.91. The summed E-state index contributed by atoms with van der Waals surface area (Å²) >= 11 is 0. The lowest BCUT2D eigenvalue weighted by molar-refractivity contribution is 0.0986. The minimum Gasteiger partial charge on any atom is -0.295 e. The highest BCUT2D eigenvalue weighted by Crippen LogP contribution is 2.37. The first-order chi connectivity index (χ1) is 14.6. The average molecular weight is 389 g/mol. The molecule has 4 aromatic rings. The molecule has 3 nitrogen and oxygen atoms in total. The van der Waals surface area contributed by atoms with Crippen molar-refractivity contribution in [3.63, 3.8) is 0 Å². The highest BCUT2D eigenvalue weighted by atomic mass is 16.1. The molecule has 30 heavy (non-hydrogen) atoms. The molecule has 1 unspecified atom stereocenters. The van der Waals surface area contributed by atoms with Gasteiger partial charge in [-0.05, 0) is 47.5 Å². The van der Waals surface area contributed by atoms with E-state index in [1.165, 1.54) is 0 Å². The van der Waals surface area contributed by atoms with E-state index >= 15 is 0 Å². The Morgan fingerprint density at radius 3 is 2.17 bits per heavy atom. The van der Waals surface area contributed by atoms with Crippen molar-refractivity contribution >= 4 is 33.7 Å². The summed E-state index contributed by atoms with van der Waals surface area (Å²) in [6, 6.07) is 29.1. The van der Waals surface area contributed by atoms with E-state index in [1.807, 2.05) is 54.6 Å². The third kappa shape index (κ3) is 3.05. The summed E-state index contributed by atoms with van der Waals surface area (Å²) in [5.74, 6) is -0.357. The van der Waals surface area contributed by atoms with Crippen molar-refractivity contribution in [1.82, 2.24) is 0 Å². The molecule has 0 bridgehead atoms. The Morgan fingerprint density at radius 1 is 0.767 bits per heavy atom. The maximum atomic E-state index is 13.4. The van der Waals surface area contributed by atoms with Crippen molar-refractivity contribution in [2.45, 2.75) is 12.8 Å². The van der Waals surface area contributed by atoms with E-state index in [9.17, 15) is 9.59 Å². The minimum atomic E-state index is -0.445. The topological polar surface area (TPSA) is 46.5 Å². The summed E-state index contributed by atoms with van der Waals surface area (Å²) in [5.41, 5.74) is 4.64. The Kier molecular flexibility index (Phi) is 4.36. The van der Waals surface area contributed by atoms with Gasteiger partial charge in [-0.2, -0.15) is 0 Å². The molecule has 1 aliphatic rings. The number of rotatable bonds is 3. The number of hydrogen-bond acceptors (Lipinski definition) is 3. The monoisotopic (exact) mass is 389 g/mol. The molecular formula is C27H19NO2. The number of fused-ring (bicyclic) bond motifs is 2. The van der Waals surface area contributed by atoms with Crippen LogP contribution in [0.3, 0.4) is 0 Å². The van der Waals surface area contributed by atoms with Gasteiger partial charge in [-0.1, -0.05) is 66.7 Å². The third-order valence-corrected chi connectivity index (χ3v) is 5.63. The molecule has 0 aromatic heterocycles. The second kappa shape index (κ2) is 7.20. The first-order valence-corrected chi connectivity index (χ1v) is 9.94. The molecule has 0 radical (unpaired) electrons. The number of benzene rings is 4. The molecule has 1 aliphatic carbocycles. The molecule has 0 saturated carbocycles. The summed E-state index contributed by atoms with van der Waals surface area (Å²) in [6.07, 6.45) is 0. The van der Waals surface area contributed by atoms with Gasteiger partial charge in [0.15, 0.2) is 11.6 Å². The van der Waals surface area contributed by atoms with Gasteiger partial charge in [0.1, 0.15) is 0 Å². The van der Waals surface area contributed by atoms with E-state index in [0.29, 0.717) is 11.1 Å². The fourth-order valence-corrected chi connectivity index (χ4v) is 4.09. The lowest BCUT2D eigenvalue weighted by Gasteiger charge is -2.12. The summed E-state index contributed by atoms with van der Waals surface area (Å²) in [5, 5.41) is 2.24. The van der Waals surface area contributed by atoms with Gasteiger partial charge in [0.2, 0.25) is 0 Å². The molecule has 0 N–H and O–H groups in total. The Balaban J connectivity index is 1.66. The molecule has 5 rings (SSSR count). The zero-order valence-electron chi connectivity index (χ0n) is 16.5. The van der Waals surface area contributed by atoms with Gasteiger partial charge >= 0.3 is 0 Å². The Bertz CT molecular complexity index is 1330. The van der Waals surface area contributed by atoms with E-state index in [-0.39, 0.29) is 11.6 Å². The molecule has 0 fully saturated rings. The maximum absolute atomic E-state index is 13.4. The predicted octanol–water partition coefficient (Wildman–Crippen LogP) is 6.14. The van der Waals surface area contributed by atoms with Crippen molar-refractivity contribution in [2.75, 3.05) is 0 Å². The Labute approximate surface area is 174 Å². The van der Waals surface area contributed by atoms with Gasteiger partial charge < -0.3 is 0 Å². The van der Waals surface area contributed by atoms with E-state index in [0.717, 1.165) is 33.3 Å². The van der Waals surface area contributed by atoms with Gasteiger partial charge in [-0.3, -0.25) is 14.6 Å². The van der Waals surface area contributed by atoms with Crippen LogP contribution < -0.4 is 0 Å². The summed E-state index contributed by atoms with van der Waals surface area (Å²) < 4.78 is 0. The number of hydrogen-bond donors (Lipinski definition) is 0. The summed E-state index contributed by atoms with van der Waals surface area (Å²) in [7, 11) is 0. The van der Waals surface area contributed by atoms with Crippen molar-refractivity contribution in [3.05, 3.63) is 113 Å². The normalized spacial score (nSPS) is 16.8. The van der Waals surface area contributed by atoms with E-state index < -0.39 is 5.92 Å². The maximum Gasteiger partial charge on any atom is 0.176 e. The largest absolute Gasteiger partial charge is 0.295 e. The second-order valence-electron chi connectivity index (χ2n) is 7.55. The number of carbonyl (C=O) groups excluding carboxylic acids is 2. The molecule has 1 atom stereocenters. The highest BCUT2D eigenvalue weighted by Gasteiger charge is 2.37. The quantitative estimate of drug-likeness (QED) is 0.395. The van der Waals surface area contributed by atoms with Crippen LogP contribution in [0.5, 0.6) is 0 Å². The number of aliphatic imine (C=N–C) groups is 1. The second-order valence-corrected chi connectivity index (χ2v) is 7.55. The zero-order chi connectivity index (χ0) is 20.7. The highest BCUT2D eigenvalue weighted by molar-refractivity contribution is 6.32. The van der Waals surface area contributed by atoms with Crippen LogP contribution in [0.25, 0.3) is 10.8 Å². The predicted molar refractivity (Wildman–Crippen MR) is 120 cm³/mol. The average Bonchev–Trinajstić information content (AvgIpc) is 3.05. The van der Waals surface area contributed by atoms with Crippen LogP contribution in [-0.2, 0) is 0 Å². The van der Waals surface area contributed by atoms with Crippen LogP contribution in [-0.4, -0.2) is 17.3 Å². The van der Waals surface area contributed by atoms with Gasteiger partial charge in [0.25, 0.3) is 0 Å². The first-order valence-electron chi connectivity index (χ1n) is 9.94. The molecule has 0 aliphatic heterocycles. The lowest BCUT2D eigenvalue weighted by Crippen LogP contribution is -2.13. The van der Waals surface area contributed by atoms with Crippen LogP contribution in [0.2, 0.25) is 0 Å². The molecule has 144 valence electrons. The molecular weight excluding hydrogens is 370 g/mol. The number of ketones is 2. The van der Waals surface area contributed by atoms with Crippen LogP contribution in [0.4, 0.5) is 5.69 Å². The fourth-order valence-electron chi connectivity index (χ4n) is 4.09. The molecule has 0 heterocycles. The van der Waals surface area contributed by atoms with Crippen molar-refractivity contribution in [3.8, 4) is 0 Å². The smallest absolute Gasteiger partial charge is 0.176 e. The molecule has 4 aromatic carbocycles. The number of nitrogens with zero attached hydrogens (tertiary/aromatic N) is 1. The van der Waals surface area contributed by atoms with E-state index in [4.69, 9.17) is 4.99 Å². The number of Topliss-reactive ketones (excluding diaryl/α,β-unsaturated/α-hetero) is 2. The van der Waals surface area contributed by atoms with Crippen LogP contribution in [0.15, 0.2) is 96.0 Å². The third-order valence-electron chi connectivity index (χ3n) is 5.63. The summed E-state index contributed by atoms with van der Waals surface area (Å²) in [6.45, 7) is 1.54. The van der Waals surface area contributed by atoms with Crippen LogP contribution in [0, 0.1) is 0 Å². The van der Waals surface area contributed by atoms with E-state index in [1.54, 1.807) is 19.1 Å². The van der Waals surface area contributed by atoms with Crippen molar-refractivity contribution in [2.24, 2.45) is 4.99 Å². The zero-order valence-corrected chi connectivity index (χ0v) is 16.5. The van der Waals surface area contributed by atoms with Crippen molar-refractivity contribution < 1.29 is 9.59 Å².